The molecule has 2 amide bonds. The molecule has 0 atom stereocenters. The molecule has 0 bridgehead atoms. The van der Waals surface area contributed by atoms with Gasteiger partial charge >= 0.3 is 0 Å². The second-order valence-electron chi connectivity index (χ2n) is 5.65. The maximum Gasteiger partial charge on any atom is 0.264 e. The highest BCUT2D eigenvalue weighted by molar-refractivity contribution is 7.13. The molecular weight excluding hydrogens is 274 g/mol. The Labute approximate surface area is 122 Å². The Balaban J connectivity index is 1.58. The summed E-state index contributed by atoms with van der Waals surface area (Å²) in [4.78, 5) is 30.0. The first kappa shape index (κ1) is 13.6. The molecule has 2 N–H and O–H groups in total. The van der Waals surface area contributed by atoms with Crippen LogP contribution in [-0.2, 0) is 4.79 Å². The normalized spacial score (nSPS) is 20.9. The van der Waals surface area contributed by atoms with Gasteiger partial charge in [-0.1, -0.05) is 0 Å². The van der Waals surface area contributed by atoms with Crippen LogP contribution in [0, 0.1) is 6.92 Å². The molecule has 1 saturated carbocycles. The molecule has 0 aromatic carbocycles. The number of piperazine rings is 1. The van der Waals surface area contributed by atoms with Crippen molar-refractivity contribution < 1.29 is 9.59 Å². The maximum atomic E-state index is 12.3. The highest BCUT2D eigenvalue weighted by atomic mass is 32.1. The van der Waals surface area contributed by atoms with E-state index in [-0.39, 0.29) is 11.8 Å². The van der Waals surface area contributed by atoms with Crippen molar-refractivity contribution in [1.29, 1.82) is 0 Å². The van der Waals surface area contributed by atoms with Crippen molar-refractivity contribution in [2.75, 3.05) is 26.2 Å². The summed E-state index contributed by atoms with van der Waals surface area (Å²) >= 11 is 1.52. The molecule has 2 aliphatic rings. The topological polar surface area (TPSA) is 66.6 Å². The number of nitrogens with zero attached hydrogens (tertiary/aromatic N) is 2. The number of nitrogens with two attached hydrogens (primary N) is 1. The summed E-state index contributed by atoms with van der Waals surface area (Å²) in [6.45, 7) is 4.37. The van der Waals surface area contributed by atoms with Crippen LogP contribution in [0.25, 0.3) is 0 Å². The van der Waals surface area contributed by atoms with Gasteiger partial charge < -0.3 is 15.5 Å². The van der Waals surface area contributed by atoms with Gasteiger partial charge in [-0.2, -0.15) is 0 Å². The Morgan fingerprint density at radius 2 is 1.75 bits per heavy atom. The fourth-order valence-electron chi connectivity index (χ4n) is 2.48. The number of hydrogen-bond donors (Lipinski definition) is 1. The van der Waals surface area contributed by atoms with E-state index in [1.54, 1.807) is 4.90 Å². The third-order valence-electron chi connectivity index (χ3n) is 4.02. The molecule has 5 nitrogen and oxygen atoms in total. The molecule has 1 aliphatic heterocycles. The minimum atomic E-state index is -0.600. The van der Waals surface area contributed by atoms with Crippen molar-refractivity contribution in [3.63, 3.8) is 0 Å². The number of thiophene rings is 1. The predicted octanol–water partition coefficient (Wildman–Crippen LogP) is 0.832. The van der Waals surface area contributed by atoms with E-state index in [2.05, 4.69) is 0 Å². The quantitative estimate of drug-likeness (QED) is 0.878. The Hall–Kier alpha value is -1.40. The standard InChI is InChI=1S/C14H19N3O2S/c1-10-2-3-11(20-10)12(18)16-6-8-17(9-7-16)13(19)14(15)4-5-14/h2-3H,4-9,15H2,1H3. The SMILES string of the molecule is Cc1ccc(C(=O)N2CCN(C(=O)C3(N)CC3)CC2)s1. The predicted molar refractivity (Wildman–Crippen MR) is 77.7 cm³/mol. The van der Waals surface area contributed by atoms with Gasteiger partial charge in [-0.15, -0.1) is 11.3 Å². The number of carbonyl (C=O) groups is 2. The zero-order valence-electron chi connectivity index (χ0n) is 11.6. The second-order valence-corrected chi connectivity index (χ2v) is 6.94. The number of rotatable bonds is 2. The smallest absolute Gasteiger partial charge is 0.264 e. The minimum absolute atomic E-state index is 0.0524. The fourth-order valence-corrected chi connectivity index (χ4v) is 3.32. The van der Waals surface area contributed by atoms with Crippen LogP contribution in [0.1, 0.15) is 27.4 Å². The zero-order chi connectivity index (χ0) is 14.3. The molecule has 108 valence electrons. The minimum Gasteiger partial charge on any atom is -0.338 e. The highest BCUT2D eigenvalue weighted by Crippen LogP contribution is 2.34. The Bertz CT molecular complexity index is 542. The Kier molecular flexibility index (Phi) is 3.30. The van der Waals surface area contributed by atoms with Gasteiger partial charge in [-0.05, 0) is 31.9 Å². The lowest BCUT2D eigenvalue weighted by atomic mass is 10.2. The van der Waals surface area contributed by atoms with Crippen LogP contribution >= 0.6 is 11.3 Å². The van der Waals surface area contributed by atoms with E-state index in [0.717, 1.165) is 22.6 Å². The van der Waals surface area contributed by atoms with Crippen molar-refractivity contribution >= 4 is 23.2 Å². The molecule has 6 heteroatoms. The molecular formula is C14H19N3O2S. The van der Waals surface area contributed by atoms with Gasteiger partial charge in [0.05, 0.1) is 10.4 Å². The van der Waals surface area contributed by atoms with E-state index < -0.39 is 5.54 Å². The van der Waals surface area contributed by atoms with Crippen LogP contribution < -0.4 is 5.73 Å². The molecule has 1 aromatic heterocycles. The Morgan fingerprint density at radius 3 is 2.25 bits per heavy atom. The van der Waals surface area contributed by atoms with E-state index in [9.17, 15) is 9.59 Å². The largest absolute Gasteiger partial charge is 0.338 e. The second kappa shape index (κ2) is 4.86. The lowest BCUT2D eigenvalue weighted by Crippen LogP contribution is -2.55. The fraction of sp³-hybridized carbons (Fsp3) is 0.571. The van der Waals surface area contributed by atoms with Crippen LogP contribution in [0.4, 0.5) is 0 Å². The average Bonchev–Trinajstić information content (AvgIpc) is 3.06. The van der Waals surface area contributed by atoms with Crippen LogP contribution in [0.5, 0.6) is 0 Å². The zero-order valence-corrected chi connectivity index (χ0v) is 12.4. The summed E-state index contributed by atoms with van der Waals surface area (Å²) in [5.74, 6) is 0.126. The lowest BCUT2D eigenvalue weighted by Gasteiger charge is -2.35. The number of carbonyl (C=O) groups excluding carboxylic acids is 2. The first-order chi connectivity index (χ1) is 9.49. The maximum absolute atomic E-state index is 12.3. The molecule has 20 heavy (non-hydrogen) atoms. The van der Waals surface area contributed by atoms with Gasteiger partial charge in [0.1, 0.15) is 0 Å². The van der Waals surface area contributed by atoms with Crippen molar-refractivity contribution in [1.82, 2.24) is 9.80 Å². The molecule has 0 spiro atoms. The van der Waals surface area contributed by atoms with E-state index in [0.29, 0.717) is 26.2 Å². The van der Waals surface area contributed by atoms with Crippen molar-refractivity contribution in [2.24, 2.45) is 5.73 Å². The first-order valence-corrected chi connectivity index (χ1v) is 7.75. The highest BCUT2D eigenvalue weighted by Gasteiger charge is 2.48. The molecule has 1 aromatic rings. The molecule has 1 saturated heterocycles. The Morgan fingerprint density at radius 1 is 1.15 bits per heavy atom. The summed E-state index contributed by atoms with van der Waals surface area (Å²) in [6.07, 6.45) is 1.58. The van der Waals surface area contributed by atoms with Crippen molar-refractivity contribution in [3.8, 4) is 0 Å². The molecule has 0 radical (unpaired) electrons. The number of amides is 2. The third-order valence-corrected chi connectivity index (χ3v) is 5.01. The van der Waals surface area contributed by atoms with E-state index in [1.807, 2.05) is 24.0 Å². The van der Waals surface area contributed by atoms with Gasteiger partial charge in [-0.3, -0.25) is 9.59 Å². The summed E-state index contributed by atoms with van der Waals surface area (Å²) in [5, 5.41) is 0. The molecule has 2 heterocycles. The number of aryl methyl sites for hydroxylation is 1. The molecule has 0 unspecified atom stereocenters. The van der Waals surface area contributed by atoms with Gasteiger partial charge in [-0.25, -0.2) is 0 Å². The lowest BCUT2D eigenvalue weighted by molar-refractivity contribution is -0.135. The monoisotopic (exact) mass is 293 g/mol. The van der Waals surface area contributed by atoms with E-state index in [4.69, 9.17) is 5.73 Å². The summed E-state index contributed by atoms with van der Waals surface area (Å²) in [6, 6.07) is 3.84. The van der Waals surface area contributed by atoms with Crippen LogP contribution in [0.3, 0.4) is 0 Å². The molecule has 3 rings (SSSR count). The van der Waals surface area contributed by atoms with Gasteiger partial charge in [0.15, 0.2) is 0 Å². The summed E-state index contributed by atoms with van der Waals surface area (Å²) < 4.78 is 0. The van der Waals surface area contributed by atoms with Crippen LogP contribution in [0.15, 0.2) is 12.1 Å². The van der Waals surface area contributed by atoms with Crippen molar-refractivity contribution in [3.05, 3.63) is 21.9 Å². The van der Waals surface area contributed by atoms with Crippen LogP contribution in [-0.4, -0.2) is 53.3 Å². The summed E-state index contributed by atoms with van der Waals surface area (Å²) in [5.41, 5.74) is 5.34. The van der Waals surface area contributed by atoms with E-state index >= 15 is 0 Å². The van der Waals surface area contributed by atoms with Gasteiger partial charge in [0, 0.05) is 31.1 Å². The van der Waals surface area contributed by atoms with Crippen LogP contribution in [0.2, 0.25) is 0 Å². The molecule has 2 fully saturated rings. The van der Waals surface area contributed by atoms with Gasteiger partial charge in [0.25, 0.3) is 5.91 Å². The average molecular weight is 293 g/mol. The number of hydrogen-bond acceptors (Lipinski definition) is 4. The van der Waals surface area contributed by atoms with Gasteiger partial charge in [0.2, 0.25) is 5.91 Å². The summed E-state index contributed by atoms with van der Waals surface area (Å²) in [7, 11) is 0. The third kappa shape index (κ3) is 2.45. The molecule has 1 aliphatic carbocycles. The van der Waals surface area contributed by atoms with Crippen molar-refractivity contribution in [2.45, 2.75) is 25.3 Å². The van der Waals surface area contributed by atoms with E-state index in [1.165, 1.54) is 11.3 Å². The first-order valence-electron chi connectivity index (χ1n) is 6.94.